The first-order valence-electron chi connectivity index (χ1n) is 7.14. The van der Waals surface area contributed by atoms with Crippen molar-refractivity contribution in [3.05, 3.63) is 11.7 Å². The van der Waals surface area contributed by atoms with Crippen molar-refractivity contribution in [2.45, 2.75) is 44.7 Å². The summed E-state index contributed by atoms with van der Waals surface area (Å²) >= 11 is 0. The molecule has 3 unspecified atom stereocenters. The number of amides is 2. The molecule has 3 rings (SSSR count). The van der Waals surface area contributed by atoms with Crippen LogP contribution in [0.2, 0.25) is 0 Å². The summed E-state index contributed by atoms with van der Waals surface area (Å²) in [7, 11) is 0. The quantitative estimate of drug-likeness (QED) is 0.840. The van der Waals surface area contributed by atoms with Crippen molar-refractivity contribution in [3.8, 4) is 0 Å². The number of hydrogen-bond acceptors (Lipinski definition) is 5. The fourth-order valence-electron chi connectivity index (χ4n) is 3.39. The van der Waals surface area contributed by atoms with Crippen LogP contribution >= 0.6 is 0 Å². The highest BCUT2D eigenvalue weighted by Gasteiger charge is 2.51. The topological polar surface area (TPSA) is 109 Å². The Morgan fingerprint density at radius 2 is 2.29 bits per heavy atom. The average Bonchev–Trinajstić information content (AvgIpc) is 3.12. The molecule has 8 nitrogen and oxygen atoms in total. The molecule has 2 N–H and O–H groups in total. The molecular formula is C13H18N4O4. The summed E-state index contributed by atoms with van der Waals surface area (Å²) in [6.45, 7) is 2.12. The monoisotopic (exact) mass is 294 g/mol. The predicted octanol–water partition coefficient (Wildman–Crippen LogP) is 0.568. The van der Waals surface area contributed by atoms with Gasteiger partial charge in [0.05, 0.1) is 5.92 Å². The van der Waals surface area contributed by atoms with Crippen LogP contribution in [0.15, 0.2) is 4.52 Å². The lowest BCUT2D eigenvalue weighted by Gasteiger charge is -2.23. The normalized spacial score (nSPS) is 27.1. The number of hydrogen-bond donors (Lipinski definition) is 2. The fourth-order valence-corrected chi connectivity index (χ4v) is 3.39. The van der Waals surface area contributed by atoms with Gasteiger partial charge < -0.3 is 19.8 Å². The third kappa shape index (κ3) is 2.57. The molecule has 21 heavy (non-hydrogen) atoms. The van der Waals surface area contributed by atoms with Gasteiger partial charge >= 0.3 is 12.0 Å². The van der Waals surface area contributed by atoms with Gasteiger partial charge in [-0.3, -0.25) is 4.79 Å². The lowest BCUT2D eigenvalue weighted by atomic mass is 9.89. The van der Waals surface area contributed by atoms with Crippen molar-refractivity contribution in [1.29, 1.82) is 0 Å². The van der Waals surface area contributed by atoms with E-state index in [1.54, 1.807) is 11.8 Å². The zero-order valence-electron chi connectivity index (χ0n) is 11.8. The van der Waals surface area contributed by atoms with Crippen LogP contribution < -0.4 is 5.32 Å². The summed E-state index contributed by atoms with van der Waals surface area (Å²) in [5.74, 6) is -0.171. The molecule has 114 valence electrons. The SMILES string of the molecule is Cc1nc(CCNC(=O)N2C3CCC2C(C(=O)O)C3)no1. The van der Waals surface area contributed by atoms with E-state index < -0.39 is 11.9 Å². The minimum absolute atomic E-state index is 0.0588. The van der Waals surface area contributed by atoms with Gasteiger partial charge in [-0.25, -0.2) is 4.79 Å². The molecule has 2 amide bonds. The highest BCUT2D eigenvalue weighted by molar-refractivity contribution is 5.79. The number of aromatic nitrogens is 2. The van der Waals surface area contributed by atoms with Crippen LogP contribution in [0.1, 0.15) is 31.0 Å². The first-order valence-corrected chi connectivity index (χ1v) is 7.14. The lowest BCUT2D eigenvalue weighted by Crippen LogP contribution is -2.44. The van der Waals surface area contributed by atoms with Gasteiger partial charge in [-0.1, -0.05) is 5.16 Å². The number of carbonyl (C=O) groups is 2. The van der Waals surface area contributed by atoms with E-state index >= 15 is 0 Å². The molecule has 0 aromatic carbocycles. The van der Waals surface area contributed by atoms with Crippen LogP contribution in [-0.4, -0.2) is 50.8 Å². The molecular weight excluding hydrogens is 276 g/mol. The average molecular weight is 294 g/mol. The molecule has 1 aromatic rings. The first-order chi connectivity index (χ1) is 10.1. The molecule has 2 bridgehead atoms. The predicted molar refractivity (Wildman–Crippen MR) is 70.5 cm³/mol. The highest BCUT2D eigenvalue weighted by atomic mass is 16.5. The van der Waals surface area contributed by atoms with Crippen molar-refractivity contribution < 1.29 is 19.2 Å². The zero-order valence-corrected chi connectivity index (χ0v) is 11.8. The number of carboxylic acids is 1. The Labute approximate surface area is 121 Å². The van der Waals surface area contributed by atoms with E-state index in [2.05, 4.69) is 15.5 Å². The minimum atomic E-state index is -0.803. The van der Waals surface area contributed by atoms with Crippen molar-refractivity contribution in [2.24, 2.45) is 5.92 Å². The maximum Gasteiger partial charge on any atom is 0.317 e. The maximum absolute atomic E-state index is 12.2. The second-order valence-electron chi connectivity index (χ2n) is 5.60. The summed E-state index contributed by atoms with van der Waals surface area (Å²) in [6.07, 6.45) is 2.73. The van der Waals surface area contributed by atoms with Gasteiger partial charge in [0.25, 0.3) is 0 Å². The third-order valence-electron chi connectivity index (χ3n) is 4.28. The van der Waals surface area contributed by atoms with Crippen LogP contribution in [0.5, 0.6) is 0 Å². The Balaban J connectivity index is 1.53. The molecule has 0 saturated carbocycles. The molecule has 2 fully saturated rings. The minimum Gasteiger partial charge on any atom is -0.481 e. The van der Waals surface area contributed by atoms with Crippen LogP contribution in [0.25, 0.3) is 0 Å². The van der Waals surface area contributed by atoms with Gasteiger partial charge in [-0.2, -0.15) is 4.98 Å². The number of nitrogens with one attached hydrogen (secondary N) is 1. The van der Waals surface area contributed by atoms with Gasteiger partial charge in [-0.05, 0) is 19.3 Å². The highest BCUT2D eigenvalue weighted by Crippen LogP contribution is 2.41. The molecule has 2 saturated heterocycles. The summed E-state index contributed by atoms with van der Waals surface area (Å²) < 4.78 is 4.86. The molecule has 3 atom stereocenters. The number of carboxylic acid groups (broad SMARTS) is 1. The van der Waals surface area contributed by atoms with Gasteiger partial charge in [0.1, 0.15) is 0 Å². The molecule has 0 radical (unpaired) electrons. The van der Waals surface area contributed by atoms with E-state index in [0.29, 0.717) is 31.1 Å². The van der Waals surface area contributed by atoms with Crippen LogP contribution in [0.4, 0.5) is 4.79 Å². The van der Waals surface area contributed by atoms with Crippen molar-refractivity contribution in [1.82, 2.24) is 20.4 Å². The largest absolute Gasteiger partial charge is 0.481 e. The Kier molecular flexibility index (Phi) is 3.52. The number of carbonyl (C=O) groups excluding carboxylic acids is 1. The summed E-state index contributed by atoms with van der Waals surface area (Å²) in [5.41, 5.74) is 0. The number of rotatable bonds is 4. The number of aryl methyl sites for hydroxylation is 1. The molecule has 0 aliphatic carbocycles. The molecule has 0 spiro atoms. The van der Waals surface area contributed by atoms with Crippen LogP contribution in [0.3, 0.4) is 0 Å². The first kappa shape index (κ1) is 13.8. The fraction of sp³-hybridized carbons (Fsp3) is 0.692. The Bertz CT molecular complexity index is 558. The van der Waals surface area contributed by atoms with Crippen molar-refractivity contribution in [3.63, 3.8) is 0 Å². The number of aliphatic carboxylic acids is 1. The molecule has 1 aromatic heterocycles. The number of fused-ring (bicyclic) bond motifs is 2. The smallest absolute Gasteiger partial charge is 0.317 e. The molecule has 2 aliphatic rings. The van der Waals surface area contributed by atoms with E-state index in [-0.39, 0.29) is 18.1 Å². The Hall–Kier alpha value is -2.12. The van der Waals surface area contributed by atoms with Gasteiger partial charge in [0.2, 0.25) is 5.89 Å². The van der Waals surface area contributed by atoms with E-state index in [0.717, 1.165) is 12.8 Å². The second kappa shape index (κ2) is 5.34. The van der Waals surface area contributed by atoms with Crippen molar-refractivity contribution in [2.75, 3.05) is 6.54 Å². The third-order valence-corrected chi connectivity index (χ3v) is 4.28. The standard InChI is InChI=1S/C13H18N4O4/c1-7-15-11(16-21-7)4-5-14-13(20)17-8-2-3-10(17)9(6-8)12(18)19/h8-10H,2-6H2,1H3,(H,14,20)(H,18,19). The summed E-state index contributed by atoms with van der Waals surface area (Å²) in [4.78, 5) is 29.2. The maximum atomic E-state index is 12.2. The van der Waals surface area contributed by atoms with Crippen molar-refractivity contribution >= 4 is 12.0 Å². The van der Waals surface area contributed by atoms with Crippen LogP contribution in [-0.2, 0) is 11.2 Å². The molecule has 3 heterocycles. The molecule has 2 aliphatic heterocycles. The van der Waals surface area contributed by atoms with E-state index in [1.807, 2.05) is 0 Å². The lowest BCUT2D eigenvalue weighted by molar-refractivity contribution is -0.142. The molecule has 8 heteroatoms. The van der Waals surface area contributed by atoms with Gasteiger partial charge in [-0.15, -0.1) is 0 Å². The Morgan fingerprint density at radius 3 is 2.90 bits per heavy atom. The Morgan fingerprint density at radius 1 is 1.48 bits per heavy atom. The number of urea groups is 1. The summed E-state index contributed by atoms with van der Waals surface area (Å²) in [5, 5.41) is 15.8. The zero-order chi connectivity index (χ0) is 15.0. The second-order valence-corrected chi connectivity index (χ2v) is 5.60. The van der Waals surface area contributed by atoms with E-state index in [9.17, 15) is 14.7 Å². The van der Waals surface area contributed by atoms with E-state index in [4.69, 9.17) is 4.52 Å². The number of nitrogens with zero attached hydrogens (tertiary/aromatic N) is 3. The van der Waals surface area contributed by atoms with Gasteiger partial charge in [0, 0.05) is 32.0 Å². The van der Waals surface area contributed by atoms with E-state index in [1.165, 1.54) is 0 Å². The van der Waals surface area contributed by atoms with Gasteiger partial charge in [0.15, 0.2) is 5.82 Å². The summed E-state index contributed by atoms with van der Waals surface area (Å²) in [6, 6.07) is -0.296. The van der Waals surface area contributed by atoms with Crippen LogP contribution in [0, 0.1) is 12.8 Å².